The Kier molecular flexibility index (Phi) is 6.13. The molecule has 0 fully saturated rings. The highest BCUT2D eigenvalue weighted by atomic mass is 35.5. The third kappa shape index (κ3) is 4.97. The highest BCUT2D eigenvalue weighted by Gasteiger charge is 2.20. The van der Waals surface area contributed by atoms with Crippen molar-refractivity contribution in [3.63, 3.8) is 0 Å². The fourth-order valence-corrected chi connectivity index (χ4v) is 2.25. The van der Waals surface area contributed by atoms with Crippen molar-refractivity contribution in [1.82, 2.24) is 0 Å². The van der Waals surface area contributed by atoms with Gasteiger partial charge in [-0.3, -0.25) is 0 Å². The lowest BCUT2D eigenvalue weighted by molar-refractivity contribution is -0.0237. The molecule has 102 valence electrons. The Labute approximate surface area is 115 Å². The van der Waals surface area contributed by atoms with Crippen molar-refractivity contribution in [2.45, 2.75) is 52.4 Å². The van der Waals surface area contributed by atoms with E-state index < -0.39 is 0 Å². The van der Waals surface area contributed by atoms with Gasteiger partial charge in [-0.05, 0) is 43.9 Å². The molecule has 1 rings (SSSR count). The van der Waals surface area contributed by atoms with Gasteiger partial charge in [0.2, 0.25) is 0 Å². The zero-order valence-electron chi connectivity index (χ0n) is 11.7. The molecule has 0 aliphatic heterocycles. The van der Waals surface area contributed by atoms with E-state index in [1.807, 2.05) is 31.2 Å². The molecular formula is C15H24ClNO. The minimum absolute atomic E-state index is 0.0409. The second-order valence-corrected chi connectivity index (χ2v) is 5.84. The van der Waals surface area contributed by atoms with Crippen LogP contribution in [-0.4, -0.2) is 12.1 Å². The first-order chi connectivity index (χ1) is 8.40. The van der Waals surface area contributed by atoms with Crippen LogP contribution in [0, 0.1) is 5.92 Å². The molecule has 2 N–H and O–H groups in total. The topological polar surface area (TPSA) is 35.2 Å². The highest BCUT2D eigenvalue weighted by Crippen LogP contribution is 2.25. The first-order valence-electron chi connectivity index (χ1n) is 6.56. The Morgan fingerprint density at radius 1 is 1.11 bits per heavy atom. The van der Waals surface area contributed by atoms with Crippen molar-refractivity contribution >= 4 is 11.6 Å². The SMILES string of the molecule is CC(C)CC(C)OC(c1ccc(Cl)cc1)C(C)N. The van der Waals surface area contributed by atoms with Crippen LogP contribution >= 0.6 is 11.6 Å². The molecule has 0 saturated heterocycles. The lowest BCUT2D eigenvalue weighted by atomic mass is 10.0. The molecule has 0 aliphatic carbocycles. The maximum atomic E-state index is 6.08. The summed E-state index contributed by atoms with van der Waals surface area (Å²) in [4.78, 5) is 0. The van der Waals surface area contributed by atoms with E-state index in [0.717, 1.165) is 17.0 Å². The lowest BCUT2D eigenvalue weighted by Gasteiger charge is -2.26. The van der Waals surface area contributed by atoms with Gasteiger partial charge in [-0.2, -0.15) is 0 Å². The second kappa shape index (κ2) is 7.13. The van der Waals surface area contributed by atoms with Crippen molar-refractivity contribution in [3.05, 3.63) is 34.9 Å². The predicted molar refractivity (Wildman–Crippen MR) is 77.8 cm³/mol. The maximum absolute atomic E-state index is 6.08. The average molecular weight is 270 g/mol. The first-order valence-corrected chi connectivity index (χ1v) is 6.94. The number of halogens is 1. The van der Waals surface area contributed by atoms with Crippen LogP contribution in [0.1, 0.15) is 45.8 Å². The summed E-state index contributed by atoms with van der Waals surface area (Å²) in [6.07, 6.45) is 1.17. The maximum Gasteiger partial charge on any atom is 0.0976 e. The van der Waals surface area contributed by atoms with Crippen LogP contribution in [-0.2, 0) is 4.74 Å². The first kappa shape index (κ1) is 15.5. The summed E-state index contributed by atoms with van der Waals surface area (Å²) in [5.41, 5.74) is 7.12. The Morgan fingerprint density at radius 2 is 1.67 bits per heavy atom. The third-order valence-electron chi connectivity index (χ3n) is 2.86. The van der Waals surface area contributed by atoms with Crippen LogP contribution in [0.2, 0.25) is 5.02 Å². The molecule has 0 spiro atoms. The monoisotopic (exact) mass is 269 g/mol. The Bertz CT molecular complexity index is 348. The summed E-state index contributed by atoms with van der Waals surface area (Å²) >= 11 is 5.90. The van der Waals surface area contributed by atoms with Gasteiger partial charge in [-0.15, -0.1) is 0 Å². The molecule has 18 heavy (non-hydrogen) atoms. The van der Waals surface area contributed by atoms with Crippen molar-refractivity contribution < 1.29 is 4.74 Å². The van der Waals surface area contributed by atoms with E-state index in [4.69, 9.17) is 22.1 Å². The summed E-state index contributed by atoms with van der Waals surface area (Å²) in [7, 11) is 0. The average Bonchev–Trinajstić information content (AvgIpc) is 2.26. The Morgan fingerprint density at radius 3 is 2.11 bits per heavy atom. The molecule has 2 nitrogen and oxygen atoms in total. The second-order valence-electron chi connectivity index (χ2n) is 5.41. The standard InChI is InChI=1S/C15H24ClNO/c1-10(2)9-11(3)18-15(12(4)17)13-5-7-14(16)8-6-13/h5-8,10-12,15H,9,17H2,1-4H3. The van der Waals surface area contributed by atoms with Gasteiger partial charge in [0, 0.05) is 11.1 Å². The fraction of sp³-hybridized carbons (Fsp3) is 0.600. The molecule has 0 aliphatic rings. The summed E-state index contributed by atoms with van der Waals surface area (Å²) in [6.45, 7) is 8.47. The van der Waals surface area contributed by atoms with Crippen LogP contribution in [0.25, 0.3) is 0 Å². The van der Waals surface area contributed by atoms with Crippen LogP contribution in [0.4, 0.5) is 0 Å². The zero-order chi connectivity index (χ0) is 13.7. The minimum Gasteiger partial charge on any atom is -0.369 e. The number of rotatable bonds is 6. The number of hydrogen-bond acceptors (Lipinski definition) is 2. The normalized spacial score (nSPS) is 16.6. The van der Waals surface area contributed by atoms with E-state index in [1.165, 1.54) is 0 Å². The summed E-state index contributed by atoms with van der Waals surface area (Å²) in [5, 5.41) is 0.734. The van der Waals surface area contributed by atoms with E-state index in [0.29, 0.717) is 5.92 Å². The van der Waals surface area contributed by atoms with E-state index in [1.54, 1.807) is 0 Å². The van der Waals surface area contributed by atoms with Gasteiger partial charge in [-0.1, -0.05) is 37.6 Å². The third-order valence-corrected chi connectivity index (χ3v) is 3.11. The number of ether oxygens (including phenoxy) is 1. The Balaban J connectivity index is 2.74. The predicted octanol–water partition coefficient (Wildman–Crippen LogP) is 4.18. The fourth-order valence-electron chi connectivity index (χ4n) is 2.13. The highest BCUT2D eigenvalue weighted by molar-refractivity contribution is 6.30. The molecule has 0 saturated carbocycles. The summed E-state index contributed by atoms with van der Waals surface area (Å²) < 4.78 is 6.08. The molecule has 0 aromatic heterocycles. The number of benzene rings is 1. The molecule has 1 aromatic carbocycles. The minimum atomic E-state index is -0.0731. The van der Waals surface area contributed by atoms with Gasteiger partial charge < -0.3 is 10.5 Å². The number of nitrogens with two attached hydrogens (primary N) is 1. The van der Waals surface area contributed by atoms with Gasteiger partial charge in [-0.25, -0.2) is 0 Å². The Hall–Kier alpha value is -0.570. The van der Waals surface area contributed by atoms with Gasteiger partial charge in [0.05, 0.1) is 12.2 Å². The smallest absolute Gasteiger partial charge is 0.0976 e. The molecule has 0 bridgehead atoms. The summed E-state index contributed by atoms with van der Waals surface area (Å²) in [5.74, 6) is 0.624. The van der Waals surface area contributed by atoms with E-state index in [-0.39, 0.29) is 18.2 Å². The molecule has 0 amide bonds. The molecule has 0 radical (unpaired) electrons. The van der Waals surface area contributed by atoms with E-state index >= 15 is 0 Å². The largest absolute Gasteiger partial charge is 0.369 e. The molecule has 3 unspecified atom stereocenters. The van der Waals surface area contributed by atoms with E-state index in [2.05, 4.69) is 20.8 Å². The van der Waals surface area contributed by atoms with Crippen LogP contribution < -0.4 is 5.73 Å². The van der Waals surface area contributed by atoms with Crippen molar-refractivity contribution in [3.8, 4) is 0 Å². The van der Waals surface area contributed by atoms with Gasteiger partial charge in [0.1, 0.15) is 0 Å². The van der Waals surface area contributed by atoms with Gasteiger partial charge in [0.15, 0.2) is 0 Å². The van der Waals surface area contributed by atoms with Crippen molar-refractivity contribution in [2.24, 2.45) is 11.7 Å². The van der Waals surface area contributed by atoms with Crippen LogP contribution in [0.5, 0.6) is 0 Å². The van der Waals surface area contributed by atoms with Crippen LogP contribution in [0.3, 0.4) is 0 Å². The van der Waals surface area contributed by atoms with Crippen molar-refractivity contribution in [1.29, 1.82) is 0 Å². The van der Waals surface area contributed by atoms with Crippen LogP contribution in [0.15, 0.2) is 24.3 Å². The summed E-state index contributed by atoms with van der Waals surface area (Å²) in [6, 6.07) is 7.68. The number of hydrogen-bond donors (Lipinski definition) is 1. The molecule has 0 heterocycles. The van der Waals surface area contributed by atoms with E-state index in [9.17, 15) is 0 Å². The zero-order valence-corrected chi connectivity index (χ0v) is 12.4. The molecule has 1 aromatic rings. The molecule has 3 atom stereocenters. The van der Waals surface area contributed by atoms with Gasteiger partial charge in [0.25, 0.3) is 0 Å². The molecule has 3 heteroatoms. The quantitative estimate of drug-likeness (QED) is 0.841. The lowest BCUT2D eigenvalue weighted by Crippen LogP contribution is -2.30. The van der Waals surface area contributed by atoms with Gasteiger partial charge >= 0.3 is 0 Å². The van der Waals surface area contributed by atoms with Crippen molar-refractivity contribution in [2.75, 3.05) is 0 Å². The molecular weight excluding hydrogens is 246 g/mol.